The zero-order valence-corrected chi connectivity index (χ0v) is 15.0. The molecular formula is C15H10ClF3N4O3S. The van der Waals surface area contributed by atoms with Gasteiger partial charge in [0.1, 0.15) is 5.15 Å². The van der Waals surface area contributed by atoms with Crippen LogP contribution in [0.1, 0.15) is 5.56 Å². The van der Waals surface area contributed by atoms with E-state index in [9.17, 15) is 26.4 Å². The number of halogens is 4. The van der Waals surface area contributed by atoms with E-state index in [0.717, 1.165) is 41.9 Å². The van der Waals surface area contributed by atoms with E-state index >= 15 is 0 Å². The Morgan fingerprint density at radius 2 is 1.70 bits per heavy atom. The van der Waals surface area contributed by atoms with Crippen LogP contribution in [0.2, 0.25) is 5.15 Å². The monoisotopic (exact) mass is 418 g/mol. The van der Waals surface area contributed by atoms with Crippen molar-refractivity contribution in [3.8, 4) is 5.69 Å². The molecule has 0 amide bonds. The average Bonchev–Trinajstić information content (AvgIpc) is 2.60. The molecule has 7 nitrogen and oxygen atoms in total. The van der Waals surface area contributed by atoms with E-state index in [1.54, 1.807) is 0 Å². The lowest BCUT2D eigenvalue weighted by molar-refractivity contribution is -0.137. The number of sulfonamides is 1. The molecule has 12 heteroatoms. The van der Waals surface area contributed by atoms with Crippen molar-refractivity contribution in [2.24, 2.45) is 0 Å². The van der Waals surface area contributed by atoms with Gasteiger partial charge in [-0.2, -0.15) is 18.2 Å². The maximum atomic E-state index is 12.8. The summed E-state index contributed by atoms with van der Waals surface area (Å²) in [6, 6.07) is 6.18. The molecule has 0 aliphatic heterocycles. The van der Waals surface area contributed by atoms with Crippen LogP contribution < -0.4 is 10.3 Å². The summed E-state index contributed by atoms with van der Waals surface area (Å²) in [6.45, 7) is 0. The van der Waals surface area contributed by atoms with Crippen LogP contribution in [0.15, 0.2) is 46.3 Å². The number of rotatable bonds is 3. The summed E-state index contributed by atoms with van der Waals surface area (Å²) in [7, 11) is -2.93. The van der Waals surface area contributed by atoms with Gasteiger partial charge in [-0.05, 0) is 37.4 Å². The molecule has 27 heavy (non-hydrogen) atoms. The quantitative estimate of drug-likeness (QED) is 0.520. The minimum atomic E-state index is -4.54. The third-order valence-electron chi connectivity index (χ3n) is 3.65. The van der Waals surface area contributed by atoms with Crippen LogP contribution >= 0.6 is 11.6 Å². The molecule has 0 aliphatic carbocycles. The summed E-state index contributed by atoms with van der Waals surface area (Å²) in [5.74, 6) is 0. The summed E-state index contributed by atoms with van der Waals surface area (Å²) in [6.07, 6.45) is -4.54. The molecule has 1 aromatic carbocycles. The molecule has 0 saturated heterocycles. The van der Waals surface area contributed by atoms with E-state index in [1.807, 2.05) is 4.72 Å². The minimum absolute atomic E-state index is 0.0566. The Morgan fingerprint density at radius 1 is 1.07 bits per heavy atom. The second-order valence-corrected chi connectivity index (χ2v) is 7.43. The molecule has 3 aromatic rings. The third kappa shape index (κ3) is 3.53. The lowest BCUT2D eigenvalue weighted by Crippen LogP contribution is -2.24. The number of aromatic nitrogens is 3. The zero-order chi connectivity index (χ0) is 20.0. The fraction of sp³-hybridized carbons (Fsp3) is 0.133. The number of alkyl halides is 3. The van der Waals surface area contributed by atoms with Gasteiger partial charge in [0.2, 0.25) is 0 Å². The number of nitrogens with one attached hydrogen (secondary N) is 1. The van der Waals surface area contributed by atoms with Gasteiger partial charge in [-0.15, -0.1) is 0 Å². The predicted molar refractivity (Wildman–Crippen MR) is 91.4 cm³/mol. The van der Waals surface area contributed by atoms with Crippen molar-refractivity contribution in [1.82, 2.24) is 19.3 Å². The van der Waals surface area contributed by atoms with E-state index < -0.39 is 32.5 Å². The number of hydrogen-bond donors (Lipinski definition) is 1. The van der Waals surface area contributed by atoms with Crippen molar-refractivity contribution in [3.63, 3.8) is 0 Å². The van der Waals surface area contributed by atoms with E-state index in [1.165, 1.54) is 6.07 Å². The highest BCUT2D eigenvalue weighted by atomic mass is 35.5. The molecule has 0 aliphatic rings. The molecule has 3 rings (SSSR count). The Morgan fingerprint density at radius 3 is 2.26 bits per heavy atom. The summed E-state index contributed by atoms with van der Waals surface area (Å²) < 4.78 is 65.2. The first-order valence-electron chi connectivity index (χ1n) is 7.25. The SMILES string of the molecule is CNS(=O)(=O)c1nc(Cl)c2ccc(=O)n(-c3ccc(C(F)(F)F)cc3)c2n1. The highest BCUT2D eigenvalue weighted by Gasteiger charge is 2.30. The van der Waals surface area contributed by atoms with Gasteiger partial charge in [0.05, 0.1) is 16.6 Å². The zero-order valence-electron chi connectivity index (χ0n) is 13.5. The van der Waals surface area contributed by atoms with Crippen LogP contribution in [0.4, 0.5) is 13.2 Å². The van der Waals surface area contributed by atoms with Crippen molar-refractivity contribution in [2.75, 3.05) is 7.05 Å². The second-order valence-electron chi connectivity index (χ2n) is 5.29. The van der Waals surface area contributed by atoms with Crippen molar-refractivity contribution >= 4 is 32.7 Å². The Bertz CT molecular complexity index is 1190. The second kappa shape index (κ2) is 6.59. The topological polar surface area (TPSA) is 94.0 Å². The van der Waals surface area contributed by atoms with E-state index in [2.05, 4.69) is 9.97 Å². The Hall–Kier alpha value is -2.50. The van der Waals surface area contributed by atoms with Gasteiger partial charge in [0.15, 0.2) is 5.65 Å². The molecule has 0 fully saturated rings. The number of hydrogen-bond acceptors (Lipinski definition) is 5. The first-order valence-corrected chi connectivity index (χ1v) is 9.11. The molecule has 0 radical (unpaired) electrons. The van der Waals surface area contributed by atoms with Gasteiger partial charge in [0, 0.05) is 6.07 Å². The lowest BCUT2D eigenvalue weighted by atomic mass is 10.2. The molecule has 0 bridgehead atoms. The van der Waals surface area contributed by atoms with E-state index in [0.29, 0.717) is 0 Å². The van der Waals surface area contributed by atoms with E-state index in [-0.39, 0.29) is 21.9 Å². The molecule has 0 unspecified atom stereocenters. The maximum Gasteiger partial charge on any atom is 0.416 e. The number of nitrogens with zero attached hydrogens (tertiary/aromatic N) is 3. The standard InChI is InChI=1S/C15H10ClF3N4O3S/c1-20-27(25,26)14-21-12(16)10-6-7-11(24)23(13(10)22-14)9-4-2-8(3-5-9)15(17,18)19/h2-7,20H,1H3. The number of pyridine rings is 1. The molecular weight excluding hydrogens is 409 g/mol. The highest BCUT2D eigenvalue weighted by Crippen LogP contribution is 2.30. The number of fused-ring (bicyclic) bond motifs is 1. The van der Waals surface area contributed by atoms with Gasteiger partial charge in [-0.3, -0.25) is 9.36 Å². The minimum Gasteiger partial charge on any atom is -0.269 e. The predicted octanol–water partition coefficient (Wildman–Crippen LogP) is 2.36. The fourth-order valence-electron chi connectivity index (χ4n) is 2.32. The summed E-state index contributed by atoms with van der Waals surface area (Å²) in [5.41, 5.74) is -1.63. The van der Waals surface area contributed by atoms with E-state index in [4.69, 9.17) is 11.6 Å². The first-order chi connectivity index (χ1) is 12.5. The number of benzene rings is 1. The summed E-state index contributed by atoms with van der Waals surface area (Å²) in [4.78, 5) is 19.9. The Kier molecular flexibility index (Phi) is 4.70. The first kappa shape index (κ1) is 19.3. The maximum absolute atomic E-state index is 12.8. The van der Waals surface area contributed by atoms with Crippen LogP contribution in [0.3, 0.4) is 0 Å². The molecule has 0 spiro atoms. The molecule has 2 heterocycles. The molecule has 0 atom stereocenters. The molecule has 142 valence electrons. The van der Waals surface area contributed by atoms with Crippen LogP contribution in [-0.2, 0) is 16.2 Å². The highest BCUT2D eigenvalue weighted by molar-refractivity contribution is 7.89. The smallest absolute Gasteiger partial charge is 0.269 e. The van der Waals surface area contributed by atoms with Gasteiger partial charge in [-0.25, -0.2) is 18.1 Å². The Balaban J connectivity index is 2.32. The van der Waals surface area contributed by atoms with Crippen molar-refractivity contribution in [1.29, 1.82) is 0 Å². The van der Waals surface area contributed by atoms with Gasteiger partial charge < -0.3 is 0 Å². The third-order valence-corrected chi connectivity index (χ3v) is 5.13. The fourth-order valence-corrected chi connectivity index (χ4v) is 3.20. The summed E-state index contributed by atoms with van der Waals surface area (Å²) >= 11 is 6.01. The normalized spacial score (nSPS) is 12.5. The van der Waals surface area contributed by atoms with Crippen molar-refractivity contribution in [3.05, 3.63) is 57.5 Å². The van der Waals surface area contributed by atoms with Crippen LogP contribution in [0, 0.1) is 0 Å². The summed E-state index contributed by atoms with van der Waals surface area (Å²) in [5, 5.41) is -0.741. The molecule has 1 N–H and O–H groups in total. The van der Waals surface area contributed by atoms with Crippen LogP contribution in [0.25, 0.3) is 16.7 Å². The van der Waals surface area contributed by atoms with Crippen LogP contribution in [-0.4, -0.2) is 30.0 Å². The van der Waals surface area contributed by atoms with Gasteiger partial charge in [-0.1, -0.05) is 11.6 Å². The van der Waals surface area contributed by atoms with Gasteiger partial charge >= 0.3 is 6.18 Å². The average molecular weight is 419 g/mol. The lowest BCUT2D eigenvalue weighted by Gasteiger charge is -2.12. The molecule has 2 aromatic heterocycles. The van der Waals surface area contributed by atoms with Gasteiger partial charge in [0.25, 0.3) is 20.7 Å². The van der Waals surface area contributed by atoms with Crippen molar-refractivity contribution < 1.29 is 21.6 Å². The largest absolute Gasteiger partial charge is 0.416 e. The molecule has 0 saturated carbocycles. The Labute approximate surface area is 155 Å². The van der Waals surface area contributed by atoms with Crippen LogP contribution in [0.5, 0.6) is 0 Å². The van der Waals surface area contributed by atoms with Crippen molar-refractivity contribution in [2.45, 2.75) is 11.3 Å².